The minimum Gasteiger partial charge on any atom is -0.320 e. The number of benzene rings is 3. The van der Waals surface area contributed by atoms with Crippen LogP contribution in [0.1, 0.15) is 23.2 Å². The van der Waals surface area contributed by atoms with Crippen molar-refractivity contribution in [2.45, 2.75) is 18.9 Å². The van der Waals surface area contributed by atoms with Crippen LogP contribution < -0.4 is 9.62 Å². The van der Waals surface area contributed by atoms with Crippen molar-refractivity contribution in [3.05, 3.63) is 84.4 Å². The minimum absolute atomic E-state index is 0.0556. The van der Waals surface area contributed by atoms with E-state index in [1.54, 1.807) is 30.3 Å². The molecule has 148 valence electrons. The third-order valence-corrected chi connectivity index (χ3v) is 6.07. The summed E-state index contributed by atoms with van der Waals surface area (Å²) in [5.41, 5.74) is 3.39. The molecule has 1 fully saturated rings. The summed E-state index contributed by atoms with van der Waals surface area (Å²) in [6.07, 6.45) is 2.85. The summed E-state index contributed by atoms with van der Waals surface area (Å²) in [4.78, 5) is 12.8. The summed E-state index contributed by atoms with van der Waals surface area (Å²) < 4.78 is 26.4. The topological polar surface area (TPSA) is 66.5 Å². The van der Waals surface area contributed by atoms with Gasteiger partial charge >= 0.3 is 0 Å². The summed E-state index contributed by atoms with van der Waals surface area (Å²) in [6.45, 7) is 0. The summed E-state index contributed by atoms with van der Waals surface area (Å²) in [6, 6.07) is 24.1. The highest BCUT2D eigenvalue weighted by atomic mass is 32.2. The van der Waals surface area contributed by atoms with Crippen molar-refractivity contribution in [2.24, 2.45) is 0 Å². The maximum Gasteiger partial charge on any atom is 0.255 e. The van der Waals surface area contributed by atoms with Crippen molar-refractivity contribution in [1.29, 1.82) is 0 Å². The quantitative estimate of drug-likeness (QED) is 0.654. The fourth-order valence-corrected chi connectivity index (χ4v) is 4.65. The van der Waals surface area contributed by atoms with Crippen LogP contribution >= 0.6 is 0 Å². The van der Waals surface area contributed by atoms with Gasteiger partial charge in [-0.2, -0.15) is 0 Å². The predicted molar refractivity (Wildman–Crippen MR) is 117 cm³/mol. The van der Waals surface area contributed by atoms with Crippen LogP contribution in [-0.4, -0.2) is 26.6 Å². The van der Waals surface area contributed by atoms with Crippen LogP contribution in [0.2, 0.25) is 0 Å². The Hall–Kier alpha value is -3.12. The van der Waals surface area contributed by atoms with Crippen LogP contribution in [0.25, 0.3) is 11.1 Å². The second-order valence-corrected chi connectivity index (χ2v) is 9.07. The maximum absolute atomic E-state index is 12.8. The fraction of sp³-hybridized carbons (Fsp3) is 0.174. The number of nitrogens with one attached hydrogen (secondary N) is 1. The lowest BCUT2D eigenvalue weighted by Gasteiger charge is -2.25. The molecule has 6 heteroatoms. The molecule has 0 saturated heterocycles. The Balaban J connectivity index is 1.79. The van der Waals surface area contributed by atoms with E-state index >= 15 is 0 Å². The molecule has 3 aromatic rings. The van der Waals surface area contributed by atoms with Gasteiger partial charge in [0.2, 0.25) is 10.0 Å². The molecule has 0 atom stereocenters. The zero-order valence-corrected chi connectivity index (χ0v) is 16.9. The molecule has 1 amide bonds. The number of amides is 1. The third kappa shape index (κ3) is 4.32. The lowest BCUT2D eigenvalue weighted by molar-refractivity contribution is 0.102. The van der Waals surface area contributed by atoms with E-state index in [0.29, 0.717) is 16.9 Å². The van der Waals surface area contributed by atoms with Gasteiger partial charge in [-0.25, -0.2) is 8.42 Å². The number of carbonyl (C=O) groups excluding carboxylic acids is 1. The van der Waals surface area contributed by atoms with Gasteiger partial charge in [0.15, 0.2) is 0 Å². The van der Waals surface area contributed by atoms with Gasteiger partial charge in [-0.05, 0) is 48.2 Å². The highest BCUT2D eigenvalue weighted by Crippen LogP contribution is 2.39. The van der Waals surface area contributed by atoms with Crippen LogP contribution in [0.5, 0.6) is 0 Å². The van der Waals surface area contributed by atoms with Crippen molar-refractivity contribution in [3.63, 3.8) is 0 Å². The summed E-state index contributed by atoms with van der Waals surface area (Å²) in [7, 11) is -3.47. The molecular formula is C23H22N2O3S. The highest BCUT2D eigenvalue weighted by molar-refractivity contribution is 7.92. The van der Waals surface area contributed by atoms with E-state index in [1.165, 1.54) is 10.6 Å². The number of anilines is 2. The average Bonchev–Trinajstić information content (AvgIpc) is 3.54. The van der Waals surface area contributed by atoms with E-state index in [1.807, 2.05) is 48.5 Å². The van der Waals surface area contributed by atoms with Crippen molar-refractivity contribution in [3.8, 4) is 11.1 Å². The van der Waals surface area contributed by atoms with Gasteiger partial charge in [-0.15, -0.1) is 0 Å². The predicted octanol–water partition coefficient (Wildman–Crippen LogP) is 4.53. The van der Waals surface area contributed by atoms with E-state index in [4.69, 9.17) is 0 Å². The number of carbonyl (C=O) groups is 1. The monoisotopic (exact) mass is 406 g/mol. The van der Waals surface area contributed by atoms with Gasteiger partial charge in [0.05, 0.1) is 17.6 Å². The van der Waals surface area contributed by atoms with E-state index in [2.05, 4.69) is 5.32 Å². The van der Waals surface area contributed by atoms with Gasteiger partial charge in [0.1, 0.15) is 0 Å². The number of hydrogen-bond acceptors (Lipinski definition) is 3. The first-order chi connectivity index (χ1) is 13.9. The minimum atomic E-state index is -3.47. The Morgan fingerprint density at radius 3 is 2.10 bits per heavy atom. The van der Waals surface area contributed by atoms with Gasteiger partial charge < -0.3 is 5.32 Å². The molecule has 0 aliphatic heterocycles. The lowest BCUT2D eigenvalue weighted by Crippen LogP contribution is -2.33. The van der Waals surface area contributed by atoms with Gasteiger partial charge in [0.25, 0.3) is 5.91 Å². The van der Waals surface area contributed by atoms with E-state index in [-0.39, 0.29) is 11.9 Å². The van der Waals surface area contributed by atoms with Crippen LogP contribution in [0.4, 0.5) is 11.4 Å². The molecule has 1 aliphatic rings. The lowest BCUT2D eigenvalue weighted by atomic mass is 10.0. The first-order valence-electron chi connectivity index (χ1n) is 9.49. The molecular weight excluding hydrogens is 384 g/mol. The maximum atomic E-state index is 12.8. The molecule has 1 N–H and O–H groups in total. The molecule has 29 heavy (non-hydrogen) atoms. The van der Waals surface area contributed by atoms with Gasteiger partial charge in [-0.1, -0.05) is 54.6 Å². The van der Waals surface area contributed by atoms with Crippen molar-refractivity contribution < 1.29 is 13.2 Å². The number of hydrogen-bond donors (Lipinski definition) is 1. The van der Waals surface area contributed by atoms with E-state index in [0.717, 1.165) is 24.0 Å². The molecule has 3 aromatic carbocycles. The second-order valence-electron chi connectivity index (χ2n) is 7.21. The van der Waals surface area contributed by atoms with Gasteiger partial charge in [-0.3, -0.25) is 9.10 Å². The summed E-state index contributed by atoms with van der Waals surface area (Å²) >= 11 is 0. The normalized spacial score (nSPS) is 13.7. The Morgan fingerprint density at radius 1 is 0.897 bits per heavy atom. The zero-order valence-electron chi connectivity index (χ0n) is 16.1. The van der Waals surface area contributed by atoms with Crippen molar-refractivity contribution in [2.75, 3.05) is 15.9 Å². The molecule has 1 aliphatic carbocycles. The second kappa shape index (κ2) is 7.72. The Morgan fingerprint density at radius 2 is 1.52 bits per heavy atom. The zero-order chi connectivity index (χ0) is 20.4. The fourth-order valence-electron chi connectivity index (χ4n) is 3.38. The molecule has 1 saturated carbocycles. The number of nitrogens with zero attached hydrogens (tertiary/aromatic N) is 1. The van der Waals surface area contributed by atoms with E-state index < -0.39 is 10.0 Å². The number of rotatable bonds is 6. The summed E-state index contributed by atoms with van der Waals surface area (Å²) in [5.74, 6) is -0.277. The molecule has 5 nitrogen and oxygen atoms in total. The summed E-state index contributed by atoms with van der Waals surface area (Å²) in [5, 5.41) is 2.93. The van der Waals surface area contributed by atoms with Crippen molar-refractivity contribution >= 4 is 27.3 Å². The van der Waals surface area contributed by atoms with Gasteiger partial charge in [0, 0.05) is 11.6 Å². The molecule has 0 heterocycles. The molecule has 0 spiro atoms. The molecule has 4 rings (SSSR count). The van der Waals surface area contributed by atoms with Crippen LogP contribution in [0.3, 0.4) is 0 Å². The third-order valence-electron chi connectivity index (χ3n) is 4.86. The number of sulfonamides is 1. The first kappa shape index (κ1) is 19.2. The molecule has 0 unspecified atom stereocenters. The largest absolute Gasteiger partial charge is 0.320 e. The molecule has 0 aromatic heterocycles. The SMILES string of the molecule is CS(=O)(=O)N(c1ccc(-c2ccccc2)cc1NC(=O)c1ccccc1)C1CC1. The average molecular weight is 407 g/mol. The smallest absolute Gasteiger partial charge is 0.255 e. The van der Waals surface area contributed by atoms with Crippen molar-refractivity contribution in [1.82, 2.24) is 0 Å². The molecule has 0 bridgehead atoms. The van der Waals surface area contributed by atoms with Crippen LogP contribution in [0.15, 0.2) is 78.9 Å². The Labute approximate surface area is 171 Å². The Kier molecular flexibility index (Phi) is 5.11. The standard InChI is InChI=1S/C23H22N2O3S/c1-29(27,28)25(20-13-14-20)22-15-12-19(17-8-4-2-5-9-17)16-21(22)24-23(26)18-10-6-3-7-11-18/h2-12,15-16,20H,13-14H2,1H3,(H,24,26). The Bertz CT molecular complexity index is 1130. The van der Waals surface area contributed by atoms with Crippen LogP contribution in [-0.2, 0) is 10.0 Å². The van der Waals surface area contributed by atoms with E-state index in [9.17, 15) is 13.2 Å². The molecule has 0 radical (unpaired) electrons. The first-order valence-corrected chi connectivity index (χ1v) is 11.3. The van der Waals surface area contributed by atoms with Crippen LogP contribution in [0, 0.1) is 0 Å². The highest BCUT2D eigenvalue weighted by Gasteiger charge is 2.36.